The molecule has 22 heavy (non-hydrogen) atoms. The minimum atomic E-state index is -0.476. The lowest BCUT2D eigenvalue weighted by Gasteiger charge is -2.58. The van der Waals surface area contributed by atoms with Crippen molar-refractivity contribution < 1.29 is 10.2 Å². The van der Waals surface area contributed by atoms with Crippen LogP contribution in [0.25, 0.3) is 0 Å². The molecular weight excluding hydrogens is 272 g/mol. The molecule has 0 amide bonds. The van der Waals surface area contributed by atoms with E-state index in [4.69, 9.17) is 0 Å². The van der Waals surface area contributed by atoms with Gasteiger partial charge in [-0.1, -0.05) is 25.5 Å². The monoisotopic (exact) mass is 304 g/mol. The normalized spacial score (nSPS) is 57.6. The van der Waals surface area contributed by atoms with Gasteiger partial charge in [0.1, 0.15) is 0 Å². The third-order valence-electron chi connectivity index (χ3n) is 8.64. The van der Waals surface area contributed by atoms with Gasteiger partial charge in [-0.25, -0.2) is 0 Å². The number of hydrogen-bond donors (Lipinski definition) is 2. The van der Waals surface area contributed by atoms with E-state index in [1.165, 1.54) is 25.7 Å². The maximum atomic E-state index is 10.9. The Balaban J connectivity index is 1.69. The summed E-state index contributed by atoms with van der Waals surface area (Å²) in [4.78, 5) is 0. The lowest BCUT2D eigenvalue weighted by atomic mass is 9.47. The fourth-order valence-corrected chi connectivity index (χ4v) is 6.89. The largest absolute Gasteiger partial charge is 0.393 e. The van der Waals surface area contributed by atoms with E-state index < -0.39 is 5.60 Å². The quantitative estimate of drug-likeness (QED) is 0.663. The Morgan fingerprint density at radius 2 is 1.73 bits per heavy atom. The van der Waals surface area contributed by atoms with Gasteiger partial charge in [0.2, 0.25) is 0 Å². The van der Waals surface area contributed by atoms with Crippen LogP contribution in [-0.4, -0.2) is 21.9 Å². The molecule has 4 aliphatic carbocycles. The molecule has 0 bridgehead atoms. The Bertz CT molecular complexity index is 508. The highest BCUT2D eigenvalue weighted by Crippen LogP contribution is 2.66. The number of allylic oxidation sites excluding steroid dienone is 1. The predicted octanol–water partition coefficient (Wildman–Crippen LogP) is 4.06. The maximum absolute atomic E-state index is 10.9. The summed E-state index contributed by atoms with van der Waals surface area (Å²) >= 11 is 0. The standard InChI is InChI=1S/C20H32O2/c1-18-9-6-14(21)12-13(18)4-5-15-16(18)7-10-19(2)17(15)8-11-20(19,3)22/h4,14-17,21-22H,5-12H2,1-3H3/t14?,15-,16+,17+,18+,19+,20?/m1/s1. The number of aliphatic hydroxyl groups is 2. The molecule has 2 unspecified atom stereocenters. The number of fused-ring (bicyclic) bond motifs is 5. The topological polar surface area (TPSA) is 40.5 Å². The first-order chi connectivity index (χ1) is 10.3. The maximum Gasteiger partial charge on any atom is 0.0675 e. The third-order valence-corrected chi connectivity index (χ3v) is 8.64. The van der Waals surface area contributed by atoms with Crippen molar-refractivity contribution in [3.05, 3.63) is 11.6 Å². The van der Waals surface area contributed by atoms with Crippen LogP contribution in [0.3, 0.4) is 0 Å². The Morgan fingerprint density at radius 1 is 1.00 bits per heavy atom. The molecule has 4 rings (SSSR count). The highest BCUT2D eigenvalue weighted by Gasteiger charge is 2.61. The molecule has 3 saturated carbocycles. The summed E-state index contributed by atoms with van der Waals surface area (Å²) in [6, 6.07) is 0. The van der Waals surface area contributed by atoms with E-state index in [1.54, 1.807) is 5.57 Å². The minimum absolute atomic E-state index is 0.114. The number of hydrogen-bond acceptors (Lipinski definition) is 2. The van der Waals surface area contributed by atoms with Crippen LogP contribution in [0.4, 0.5) is 0 Å². The molecule has 0 aromatic carbocycles. The molecule has 3 fully saturated rings. The Hall–Kier alpha value is -0.340. The zero-order chi connectivity index (χ0) is 15.8. The van der Waals surface area contributed by atoms with E-state index in [9.17, 15) is 10.2 Å². The fraction of sp³-hybridized carbons (Fsp3) is 0.900. The number of aliphatic hydroxyl groups excluding tert-OH is 1. The molecule has 2 nitrogen and oxygen atoms in total. The van der Waals surface area contributed by atoms with E-state index >= 15 is 0 Å². The van der Waals surface area contributed by atoms with Crippen molar-refractivity contribution in [1.29, 1.82) is 0 Å². The van der Waals surface area contributed by atoms with Gasteiger partial charge in [-0.3, -0.25) is 0 Å². The summed E-state index contributed by atoms with van der Waals surface area (Å²) in [5, 5.41) is 21.0. The summed E-state index contributed by atoms with van der Waals surface area (Å²) in [7, 11) is 0. The predicted molar refractivity (Wildman–Crippen MR) is 88.3 cm³/mol. The fourth-order valence-electron chi connectivity index (χ4n) is 6.89. The first-order valence-electron chi connectivity index (χ1n) is 9.38. The van der Waals surface area contributed by atoms with E-state index in [0.29, 0.717) is 11.3 Å². The molecule has 124 valence electrons. The van der Waals surface area contributed by atoms with Gasteiger partial charge in [0, 0.05) is 0 Å². The van der Waals surface area contributed by atoms with E-state index in [1.807, 2.05) is 0 Å². The van der Waals surface area contributed by atoms with Crippen molar-refractivity contribution in [3.63, 3.8) is 0 Å². The van der Waals surface area contributed by atoms with E-state index in [-0.39, 0.29) is 11.5 Å². The van der Waals surface area contributed by atoms with E-state index in [0.717, 1.165) is 37.5 Å². The van der Waals surface area contributed by atoms with Crippen molar-refractivity contribution >= 4 is 0 Å². The third kappa shape index (κ3) is 1.80. The second-order valence-corrected chi connectivity index (χ2v) is 9.42. The van der Waals surface area contributed by atoms with Gasteiger partial charge in [-0.05, 0) is 86.9 Å². The van der Waals surface area contributed by atoms with Crippen LogP contribution in [0.2, 0.25) is 0 Å². The van der Waals surface area contributed by atoms with Crippen molar-refractivity contribution in [2.24, 2.45) is 28.6 Å². The average Bonchev–Trinajstić information content (AvgIpc) is 2.70. The van der Waals surface area contributed by atoms with Gasteiger partial charge in [0.15, 0.2) is 0 Å². The summed E-state index contributed by atoms with van der Waals surface area (Å²) in [6.45, 7) is 6.90. The van der Waals surface area contributed by atoms with E-state index in [2.05, 4.69) is 26.8 Å². The average molecular weight is 304 g/mol. The summed E-state index contributed by atoms with van der Waals surface area (Å²) in [5.41, 5.74) is 1.50. The van der Waals surface area contributed by atoms with Crippen LogP contribution in [-0.2, 0) is 0 Å². The van der Waals surface area contributed by atoms with Crippen molar-refractivity contribution in [3.8, 4) is 0 Å². The Labute approximate surface area is 135 Å². The van der Waals surface area contributed by atoms with Crippen LogP contribution in [0.5, 0.6) is 0 Å². The van der Waals surface area contributed by atoms with Crippen molar-refractivity contribution in [2.75, 3.05) is 0 Å². The molecule has 0 aromatic rings. The molecule has 0 saturated heterocycles. The molecule has 4 aliphatic rings. The molecule has 0 heterocycles. The molecular formula is C20H32O2. The number of rotatable bonds is 0. The van der Waals surface area contributed by atoms with Gasteiger partial charge >= 0.3 is 0 Å². The zero-order valence-corrected chi connectivity index (χ0v) is 14.4. The smallest absolute Gasteiger partial charge is 0.0675 e. The molecule has 2 heteroatoms. The lowest BCUT2D eigenvalue weighted by Crippen LogP contribution is -2.53. The van der Waals surface area contributed by atoms with Gasteiger partial charge in [-0.2, -0.15) is 0 Å². The molecule has 7 atom stereocenters. The molecule has 0 spiro atoms. The molecule has 0 radical (unpaired) electrons. The molecule has 0 aromatic heterocycles. The molecule has 2 N–H and O–H groups in total. The summed E-state index contributed by atoms with van der Waals surface area (Å²) in [6.07, 6.45) is 11.2. The SMILES string of the molecule is CC1(O)CC[C@H]2[C@@H]3CC=C4CC(O)CC[C@]4(C)[C@H]3CC[C@@]21C. The van der Waals surface area contributed by atoms with Gasteiger partial charge in [0.25, 0.3) is 0 Å². The van der Waals surface area contributed by atoms with Crippen LogP contribution in [0, 0.1) is 28.6 Å². The second kappa shape index (κ2) is 4.60. The van der Waals surface area contributed by atoms with Crippen molar-refractivity contribution in [1.82, 2.24) is 0 Å². The highest BCUT2D eigenvalue weighted by molar-refractivity contribution is 5.26. The summed E-state index contributed by atoms with van der Waals surface area (Å²) in [5.74, 6) is 2.20. The van der Waals surface area contributed by atoms with Gasteiger partial charge < -0.3 is 10.2 Å². The van der Waals surface area contributed by atoms with Crippen molar-refractivity contribution in [2.45, 2.75) is 83.8 Å². The summed E-state index contributed by atoms with van der Waals surface area (Å²) < 4.78 is 0. The first-order valence-corrected chi connectivity index (χ1v) is 9.38. The van der Waals surface area contributed by atoms with Crippen LogP contribution < -0.4 is 0 Å². The minimum Gasteiger partial charge on any atom is -0.393 e. The highest BCUT2D eigenvalue weighted by atomic mass is 16.3. The zero-order valence-electron chi connectivity index (χ0n) is 14.4. The van der Waals surface area contributed by atoms with Gasteiger partial charge in [0.05, 0.1) is 11.7 Å². The lowest BCUT2D eigenvalue weighted by molar-refractivity contribution is -0.115. The van der Waals surface area contributed by atoms with Crippen LogP contribution >= 0.6 is 0 Å². The molecule has 0 aliphatic heterocycles. The first kappa shape index (κ1) is 15.2. The second-order valence-electron chi connectivity index (χ2n) is 9.42. The van der Waals surface area contributed by atoms with Crippen LogP contribution in [0.15, 0.2) is 11.6 Å². The van der Waals surface area contributed by atoms with Crippen LogP contribution in [0.1, 0.15) is 72.1 Å². The Morgan fingerprint density at radius 3 is 2.50 bits per heavy atom. The van der Waals surface area contributed by atoms with Gasteiger partial charge in [-0.15, -0.1) is 0 Å². The Kier molecular flexibility index (Phi) is 3.18.